The van der Waals surface area contributed by atoms with Gasteiger partial charge in [0.2, 0.25) is 5.95 Å². The van der Waals surface area contributed by atoms with Gasteiger partial charge in [-0.15, -0.1) is 0 Å². The standard InChI is InChI=1S/C21H17FN8/c1-11(27-20-15(10-23)19(24)29-21(25)30-20)14-8-12-5-6-13(22)9-17(12)28-18(14)16-4-2-3-7-26-16/h2-9,11H,1H3,(H5,24,25,27,29,30). The molecule has 3 aromatic heterocycles. The van der Waals surface area contributed by atoms with Gasteiger partial charge in [0.15, 0.2) is 5.82 Å². The number of fused-ring (bicyclic) bond motifs is 1. The number of aromatic nitrogens is 4. The lowest BCUT2D eigenvalue weighted by atomic mass is 10.0. The largest absolute Gasteiger partial charge is 0.382 e. The molecule has 0 bridgehead atoms. The monoisotopic (exact) mass is 400 g/mol. The fourth-order valence-electron chi connectivity index (χ4n) is 3.19. The van der Waals surface area contributed by atoms with Crippen LogP contribution in [-0.2, 0) is 0 Å². The minimum atomic E-state index is -0.369. The molecule has 4 aromatic rings. The van der Waals surface area contributed by atoms with E-state index in [-0.39, 0.29) is 35.0 Å². The first kappa shape index (κ1) is 19.0. The van der Waals surface area contributed by atoms with Gasteiger partial charge in [-0.3, -0.25) is 4.98 Å². The van der Waals surface area contributed by atoms with E-state index >= 15 is 0 Å². The Hall–Kier alpha value is -4.32. The third-order valence-electron chi connectivity index (χ3n) is 4.60. The molecule has 30 heavy (non-hydrogen) atoms. The summed E-state index contributed by atoms with van der Waals surface area (Å²) in [7, 11) is 0. The molecular formula is C21H17FN8. The van der Waals surface area contributed by atoms with Crippen LogP contribution >= 0.6 is 0 Å². The minimum Gasteiger partial charge on any atom is -0.382 e. The number of rotatable bonds is 4. The second kappa shape index (κ2) is 7.60. The molecule has 4 rings (SSSR count). The number of hydrogen-bond acceptors (Lipinski definition) is 8. The van der Waals surface area contributed by atoms with Crippen molar-refractivity contribution in [3.8, 4) is 17.5 Å². The average Bonchev–Trinajstić information content (AvgIpc) is 2.73. The summed E-state index contributed by atoms with van der Waals surface area (Å²) in [6.07, 6.45) is 1.66. The summed E-state index contributed by atoms with van der Waals surface area (Å²) in [5.41, 5.74) is 14.1. The van der Waals surface area contributed by atoms with Crippen LogP contribution < -0.4 is 16.8 Å². The van der Waals surface area contributed by atoms with Crippen LogP contribution in [0.5, 0.6) is 0 Å². The lowest BCUT2D eigenvalue weighted by Crippen LogP contribution is -2.14. The highest BCUT2D eigenvalue weighted by atomic mass is 19.1. The van der Waals surface area contributed by atoms with Crippen LogP contribution in [0.25, 0.3) is 22.3 Å². The molecule has 0 spiro atoms. The summed E-state index contributed by atoms with van der Waals surface area (Å²) in [4.78, 5) is 17.0. The highest BCUT2D eigenvalue weighted by Gasteiger charge is 2.19. The van der Waals surface area contributed by atoms with Gasteiger partial charge in [-0.1, -0.05) is 6.07 Å². The number of nitrogens with one attached hydrogen (secondary N) is 1. The second-order valence-corrected chi connectivity index (χ2v) is 6.65. The van der Waals surface area contributed by atoms with E-state index in [2.05, 4.69) is 25.3 Å². The quantitative estimate of drug-likeness (QED) is 0.473. The van der Waals surface area contributed by atoms with E-state index in [1.54, 1.807) is 18.3 Å². The number of anilines is 3. The van der Waals surface area contributed by atoms with Crippen LogP contribution in [0.15, 0.2) is 48.7 Å². The van der Waals surface area contributed by atoms with Crippen molar-refractivity contribution >= 4 is 28.5 Å². The van der Waals surface area contributed by atoms with Crippen molar-refractivity contribution in [3.63, 3.8) is 0 Å². The summed E-state index contributed by atoms with van der Waals surface area (Å²) >= 11 is 0. The fourth-order valence-corrected chi connectivity index (χ4v) is 3.19. The van der Waals surface area contributed by atoms with E-state index in [1.807, 2.05) is 31.2 Å². The molecule has 1 aromatic carbocycles. The fraction of sp³-hybridized carbons (Fsp3) is 0.0952. The Bertz CT molecular complexity index is 1280. The van der Waals surface area contributed by atoms with Gasteiger partial charge in [0, 0.05) is 23.2 Å². The Kier molecular flexibility index (Phi) is 4.82. The van der Waals surface area contributed by atoms with Crippen molar-refractivity contribution < 1.29 is 4.39 Å². The maximum absolute atomic E-state index is 13.7. The van der Waals surface area contributed by atoms with Gasteiger partial charge < -0.3 is 16.8 Å². The van der Waals surface area contributed by atoms with Gasteiger partial charge in [0.25, 0.3) is 0 Å². The molecule has 0 aliphatic carbocycles. The van der Waals surface area contributed by atoms with Crippen molar-refractivity contribution in [1.29, 1.82) is 5.26 Å². The minimum absolute atomic E-state index is 0.00300. The van der Waals surface area contributed by atoms with Crippen LogP contribution in [0.4, 0.5) is 22.0 Å². The van der Waals surface area contributed by atoms with E-state index in [9.17, 15) is 9.65 Å². The van der Waals surface area contributed by atoms with Gasteiger partial charge >= 0.3 is 0 Å². The molecule has 8 nitrogen and oxygen atoms in total. The highest BCUT2D eigenvalue weighted by Crippen LogP contribution is 2.32. The highest BCUT2D eigenvalue weighted by molar-refractivity contribution is 5.83. The summed E-state index contributed by atoms with van der Waals surface area (Å²) < 4.78 is 13.7. The molecule has 0 amide bonds. The first-order valence-electron chi connectivity index (χ1n) is 9.07. The van der Waals surface area contributed by atoms with Gasteiger partial charge in [-0.25, -0.2) is 9.37 Å². The zero-order chi connectivity index (χ0) is 21.3. The van der Waals surface area contributed by atoms with Crippen LogP contribution in [0, 0.1) is 17.1 Å². The summed E-state index contributed by atoms with van der Waals surface area (Å²) in [5, 5.41) is 13.4. The van der Waals surface area contributed by atoms with Crippen molar-refractivity contribution in [2.24, 2.45) is 0 Å². The van der Waals surface area contributed by atoms with E-state index in [4.69, 9.17) is 11.5 Å². The molecule has 5 N–H and O–H groups in total. The lowest BCUT2D eigenvalue weighted by Gasteiger charge is -2.20. The predicted octanol–water partition coefficient (Wildman–Crippen LogP) is 3.44. The average molecular weight is 400 g/mol. The second-order valence-electron chi connectivity index (χ2n) is 6.65. The van der Waals surface area contributed by atoms with Crippen LogP contribution in [-0.4, -0.2) is 19.9 Å². The SMILES string of the molecule is CC(Nc1nc(N)nc(N)c1C#N)c1cc2ccc(F)cc2nc1-c1ccccn1. The Balaban J connectivity index is 1.85. The molecule has 0 radical (unpaired) electrons. The van der Waals surface area contributed by atoms with Crippen LogP contribution in [0.2, 0.25) is 0 Å². The number of nitriles is 1. The van der Waals surface area contributed by atoms with E-state index < -0.39 is 0 Å². The lowest BCUT2D eigenvalue weighted by molar-refractivity contribution is 0.629. The van der Waals surface area contributed by atoms with Crippen molar-refractivity contribution in [3.05, 3.63) is 65.6 Å². The topological polar surface area (TPSA) is 139 Å². The first-order chi connectivity index (χ1) is 14.5. The Morgan fingerprint density at radius 1 is 1.10 bits per heavy atom. The third-order valence-corrected chi connectivity index (χ3v) is 4.60. The summed E-state index contributed by atoms with van der Waals surface area (Å²) in [6.45, 7) is 1.88. The molecule has 0 saturated carbocycles. The molecule has 1 atom stereocenters. The third kappa shape index (κ3) is 3.54. The van der Waals surface area contributed by atoms with Crippen molar-refractivity contribution in [2.45, 2.75) is 13.0 Å². The number of halogens is 1. The summed E-state index contributed by atoms with van der Waals surface area (Å²) in [5.74, 6) is -0.192. The normalized spacial score (nSPS) is 11.8. The molecule has 1 unspecified atom stereocenters. The Morgan fingerprint density at radius 3 is 2.67 bits per heavy atom. The number of pyridine rings is 2. The maximum Gasteiger partial charge on any atom is 0.224 e. The van der Waals surface area contributed by atoms with Gasteiger partial charge in [-0.2, -0.15) is 15.2 Å². The number of nitrogens with two attached hydrogens (primary N) is 2. The Labute approximate surface area is 171 Å². The van der Waals surface area contributed by atoms with E-state index in [0.29, 0.717) is 16.9 Å². The molecule has 148 valence electrons. The van der Waals surface area contributed by atoms with Crippen molar-refractivity contribution in [2.75, 3.05) is 16.8 Å². The first-order valence-corrected chi connectivity index (χ1v) is 9.07. The molecular weight excluding hydrogens is 383 g/mol. The van der Waals surface area contributed by atoms with Crippen LogP contribution in [0.1, 0.15) is 24.1 Å². The van der Waals surface area contributed by atoms with Gasteiger partial charge in [-0.05, 0) is 37.3 Å². The number of nitrogen functional groups attached to an aromatic ring is 2. The smallest absolute Gasteiger partial charge is 0.224 e. The van der Waals surface area contributed by atoms with Gasteiger partial charge in [0.1, 0.15) is 23.3 Å². The molecule has 9 heteroatoms. The maximum atomic E-state index is 13.7. The molecule has 0 saturated heterocycles. The van der Waals surface area contributed by atoms with E-state index in [1.165, 1.54) is 12.1 Å². The van der Waals surface area contributed by atoms with E-state index in [0.717, 1.165) is 10.9 Å². The molecule has 3 heterocycles. The predicted molar refractivity (Wildman–Crippen MR) is 113 cm³/mol. The zero-order valence-electron chi connectivity index (χ0n) is 16.0. The number of nitrogens with zero attached hydrogens (tertiary/aromatic N) is 5. The molecule has 0 aliphatic heterocycles. The molecule has 0 fully saturated rings. The number of benzene rings is 1. The Morgan fingerprint density at radius 2 is 1.93 bits per heavy atom. The van der Waals surface area contributed by atoms with Crippen LogP contribution in [0.3, 0.4) is 0 Å². The summed E-state index contributed by atoms with van der Waals surface area (Å²) in [6, 6.07) is 13.4. The molecule has 0 aliphatic rings. The number of hydrogen-bond donors (Lipinski definition) is 3. The zero-order valence-corrected chi connectivity index (χ0v) is 16.0. The van der Waals surface area contributed by atoms with Gasteiger partial charge in [0.05, 0.1) is 22.9 Å². The van der Waals surface area contributed by atoms with Crippen molar-refractivity contribution in [1.82, 2.24) is 19.9 Å².